The van der Waals surface area contributed by atoms with Gasteiger partial charge in [0.25, 0.3) is 0 Å². The maximum absolute atomic E-state index is 5.85. The minimum absolute atomic E-state index is 0.106. The van der Waals surface area contributed by atoms with E-state index in [1.165, 1.54) is 21.3 Å². The van der Waals surface area contributed by atoms with Gasteiger partial charge in [-0.1, -0.05) is 23.2 Å². The van der Waals surface area contributed by atoms with Crippen LogP contribution in [0.15, 0.2) is 6.07 Å². The lowest BCUT2D eigenvalue weighted by Crippen LogP contribution is -1.98. The number of methoxy groups -OCH3 is 3. The molecule has 1 aromatic heterocycles. The van der Waals surface area contributed by atoms with Gasteiger partial charge in [-0.2, -0.15) is 0 Å². The Morgan fingerprint density at radius 2 is 1.50 bits per heavy atom. The Kier molecular flexibility index (Phi) is 3.63. The third-order valence-electron chi connectivity index (χ3n) is 2.38. The molecule has 0 bridgehead atoms. The predicted molar refractivity (Wildman–Crippen MR) is 69.2 cm³/mol. The van der Waals surface area contributed by atoms with E-state index in [1.807, 2.05) is 0 Å². The Morgan fingerprint density at radius 3 is 2.06 bits per heavy atom. The second kappa shape index (κ2) is 5.04. The zero-order valence-electron chi connectivity index (χ0n) is 9.95. The summed E-state index contributed by atoms with van der Waals surface area (Å²) in [6.45, 7) is 0. The van der Waals surface area contributed by atoms with Gasteiger partial charge in [0.15, 0.2) is 21.8 Å². The summed E-state index contributed by atoms with van der Waals surface area (Å²) in [5.41, 5.74) is 0.975. The average molecular weight is 289 g/mol. The second-order valence-electron chi connectivity index (χ2n) is 3.32. The molecular formula is C11H10Cl2N2O3. The quantitative estimate of drug-likeness (QED) is 0.869. The van der Waals surface area contributed by atoms with Gasteiger partial charge in [-0.05, 0) is 0 Å². The van der Waals surface area contributed by atoms with E-state index in [0.717, 1.165) is 0 Å². The molecule has 18 heavy (non-hydrogen) atoms. The molecule has 0 aliphatic rings. The van der Waals surface area contributed by atoms with Crippen molar-refractivity contribution in [3.8, 4) is 17.2 Å². The minimum Gasteiger partial charge on any atom is -0.493 e. The van der Waals surface area contributed by atoms with E-state index < -0.39 is 0 Å². The van der Waals surface area contributed by atoms with Crippen molar-refractivity contribution in [1.82, 2.24) is 9.97 Å². The smallest absolute Gasteiger partial charge is 0.205 e. The number of nitrogens with zero attached hydrogens (tertiary/aromatic N) is 2. The molecule has 5 nitrogen and oxygen atoms in total. The summed E-state index contributed by atoms with van der Waals surface area (Å²) in [5.74, 6) is 1.31. The van der Waals surface area contributed by atoms with Gasteiger partial charge in [-0.15, -0.1) is 0 Å². The molecule has 0 amide bonds. The number of aromatic nitrogens is 2. The summed E-state index contributed by atoms with van der Waals surface area (Å²) in [5, 5.41) is 0.230. The largest absolute Gasteiger partial charge is 0.493 e. The van der Waals surface area contributed by atoms with Crippen LogP contribution < -0.4 is 14.2 Å². The highest BCUT2D eigenvalue weighted by Gasteiger charge is 2.19. The van der Waals surface area contributed by atoms with Crippen LogP contribution in [0.5, 0.6) is 17.2 Å². The predicted octanol–water partition coefficient (Wildman–Crippen LogP) is 2.96. The molecule has 0 aliphatic heterocycles. The third-order valence-corrected chi connectivity index (χ3v) is 3.01. The Morgan fingerprint density at radius 1 is 0.889 bits per heavy atom. The van der Waals surface area contributed by atoms with Gasteiger partial charge in [-0.3, -0.25) is 0 Å². The third kappa shape index (κ3) is 2.00. The van der Waals surface area contributed by atoms with E-state index >= 15 is 0 Å². The van der Waals surface area contributed by atoms with Gasteiger partial charge in [0.2, 0.25) is 5.75 Å². The molecule has 0 N–H and O–H groups in total. The second-order valence-corrected chi connectivity index (χ2v) is 4.03. The van der Waals surface area contributed by atoms with Crippen molar-refractivity contribution in [2.45, 2.75) is 0 Å². The zero-order chi connectivity index (χ0) is 13.3. The van der Waals surface area contributed by atoms with Crippen LogP contribution >= 0.6 is 23.2 Å². The summed E-state index contributed by atoms with van der Waals surface area (Å²) in [4.78, 5) is 8.26. The van der Waals surface area contributed by atoms with Crippen molar-refractivity contribution in [2.75, 3.05) is 21.3 Å². The summed E-state index contributed by atoms with van der Waals surface area (Å²) < 4.78 is 15.7. The van der Waals surface area contributed by atoms with Crippen LogP contribution in [-0.2, 0) is 0 Å². The molecule has 0 fully saturated rings. The fourth-order valence-corrected chi connectivity index (χ4v) is 1.88. The lowest BCUT2D eigenvalue weighted by atomic mass is 10.2. The lowest BCUT2D eigenvalue weighted by molar-refractivity contribution is 0.326. The van der Waals surface area contributed by atoms with Crippen molar-refractivity contribution < 1.29 is 14.2 Å². The highest BCUT2D eigenvalue weighted by atomic mass is 35.5. The summed E-state index contributed by atoms with van der Waals surface area (Å²) in [6, 6.07) is 1.66. The molecule has 0 saturated carbocycles. The molecule has 0 unspecified atom stereocenters. The van der Waals surface area contributed by atoms with Crippen molar-refractivity contribution in [2.24, 2.45) is 0 Å². The Balaban J connectivity index is 2.87. The first-order chi connectivity index (χ1) is 8.62. The van der Waals surface area contributed by atoms with Crippen LogP contribution in [0, 0.1) is 0 Å². The van der Waals surface area contributed by atoms with Crippen LogP contribution in [0.2, 0.25) is 10.3 Å². The summed E-state index contributed by atoms with van der Waals surface area (Å²) in [7, 11) is 4.53. The van der Waals surface area contributed by atoms with E-state index in [9.17, 15) is 0 Å². The van der Waals surface area contributed by atoms with Crippen molar-refractivity contribution in [1.29, 1.82) is 0 Å². The fraction of sp³-hybridized carbons (Fsp3) is 0.273. The Hall–Kier alpha value is -1.46. The van der Waals surface area contributed by atoms with Crippen LogP contribution in [0.1, 0.15) is 0 Å². The van der Waals surface area contributed by atoms with E-state index in [2.05, 4.69) is 9.97 Å². The number of fused-ring (bicyclic) bond motifs is 1. The number of hydrogen-bond donors (Lipinski definition) is 0. The zero-order valence-corrected chi connectivity index (χ0v) is 11.5. The van der Waals surface area contributed by atoms with Gasteiger partial charge in [-0.25, -0.2) is 9.97 Å². The molecule has 96 valence electrons. The monoisotopic (exact) mass is 288 g/mol. The van der Waals surface area contributed by atoms with Crippen LogP contribution in [0.25, 0.3) is 11.0 Å². The maximum Gasteiger partial charge on any atom is 0.205 e. The number of ether oxygens (including phenoxy) is 3. The first-order valence-corrected chi connectivity index (χ1v) is 5.69. The highest BCUT2D eigenvalue weighted by molar-refractivity contribution is 6.40. The molecule has 7 heteroatoms. The molecule has 0 aliphatic carbocycles. The first kappa shape index (κ1) is 13.0. The molecule has 1 aromatic carbocycles. The van der Waals surface area contributed by atoms with Crippen LogP contribution in [0.4, 0.5) is 0 Å². The molecule has 1 heterocycles. The number of halogens is 2. The molecular weight excluding hydrogens is 279 g/mol. The SMILES string of the molecule is COc1cc2nc(Cl)c(Cl)nc2c(OC)c1OC. The minimum atomic E-state index is 0.106. The van der Waals surface area contributed by atoms with E-state index in [-0.39, 0.29) is 10.3 Å². The Bertz CT molecular complexity index is 605. The Labute approximate surface area is 114 Å². The number of rotatable bonds is 3. The summed E-state index contributed by atoms with van der Waals surface area (Å²) in [6.07, 6.45) is 0. The molecule has 2 aromatic rings. The maximum atomic E-state index is 5.85. The summed E-state index contributed by atoms with van der Waals surface area (Å²) >= 11 is 11.7. The van der Waals surface area contributed by atoms with Crippen molar-refractivity contribution in [3.63, 3.8) is 0 Å². The van der Waals surface area contributed by atoms with Gasteiger partial charge in [0, 0.05) is 6.07 Å². The molecule has 0 saturated heterocycles. The van der Waals surface area contributed by atoms with E-state index in [1.54, 1.807) is 6.07 Å². The van der Waals surface area contributed by atoms with Crippen molar-refractivity contribution in [3.05, 3.63) is 16.4 Å². The van der Waals surface area contributed by atoms with Gasteiger partial charge in [0.1, 0.15) is 5.52 Å². The number of benzene rings is 1. The standard InChI is InChI=1S/C11H10Cl2N2O3/c1-16-6-4-5-7(9(18-3)8(6)17-2)15-11(13)10(12)14-5/h4H,1-3H3. The van der Waals surface area contributed by atoms with Gasteiger partial charge < -0.3 is 14.2 Å². The normalized spacial score (nSPS) is 10.5. The first-order valence-electron chi connectivity index (χ1n) is 4.94. The molecule has 0 atom stereocenters. The van der Waals surface area contributed by atoms with Crippen molar-refractivity contribution >= 4 is 34.2 Å². The lowest BCUT2D eigenvalue weighted by Gasteiger charge is -2.13. The van der Waals surface area contributed by atoms with E-state index in [0.29, 0.717) is 28.3 Å². The molecule has 2 rings (SSSR count). The fourth-order valence-electron chi connectivity index (χ4n) is 1.62. The average Bonchev–Trinajstić information content (AvgIpc) is 2.38. The van der Waals surface area contributed by atoms with Crippen LogP contribution in [0.3, 0.4) is 0 Å². The number of hydrogen-bond acceptors (Lipinski definition) is 5. The molecule has 0 spiro atoms. The topological polar surface area (TPSA) is 53.5 Å². The molecule has 0 radical (unpaired) electrons. The highest BCUT2D eigenvalue weighted by Crippen LogP contribution is 2.42. The van der Waals surface area contributed by atoms with Gasteiger partial charge >= 0.3 is 0 Å². The van der Waals surface area contributed by atoms with E-state index in [4.69, 9.17) is 37.4 Å². The van der Waals surface area contributed by atoms with Crippen LogP contribution in [-0.4, -0.2) is 31.3 Å². The van der Waals surface area contributed by atoms with Gasteiger partial charge in [0.05, 0.1) is 26.8 Å².